The van der Waals surface area contributed by atoms with Crippen LogP contribution in [0.25, 0.3) is 0 Å². The smallest absolute Gasteiger partial charge is 0.273 e. The topological polar surface area (TPSA) is 115 Å². The zero-order valence-corrected chi connectivity index (χ0v) is 28.1. The maximum atomic E-state index is 13.9. The molecule has 2 aliphatic heterocycles. The molecule has 0 aromatic heterocycles. The van der Waals surface area contributed by atoms with E-state index in [-0.39, 0.29) is 25.9 Å². The van der Waals surface area contributed by atoms with Crippen LogP contribution >= 0.6 is 0 Å². The SMILES string of the molecule is O=C1C(Cc2ccccc2)C(=O)N(c2ccccc2)C(=O)N1Cc1cccc(CN2C(=O)C(Cc3ccccc3)C(=O)N(c3ccccc3)C2=O)c1. The van der Waals surface area contributed by atoms with Gasteiger partial charge in [0.25, 0.3) is 0 Å². The standard InChI is InChI=1S/C42H34N4O6/c47-37-35(25-29-14-5-1-6-15-29)39(49)45(33-20-9-3-10-21-33)41(51)43(37)27-31-18-13-19-32(24-31)28-44-38(48)36(26-30-16-7-2-8-17-30)40(50)46(42(44)52)34-22-11-4-12-23-34/h1-24,35-36H,25-28H2. The highest BCUT2D eigenvalue weighted by atomic mass is 16.2. The third-order valence-corrected chi connectivity index (χ3v) is 9.28. The van der Waals surface area contributed by atoms with Gasteiger partial charge in [-0.2, -0.15) is 0 Å². The second-order valence-electron chi connectivity index (χ2n) is 12.7. The van der Waals surface area contributed by atoms with Crippen LogP contribution in [0.4, 0.5) is 21.0 Å². The molecule has 10 nitrogen and oxygen atoms in total. The van der Waals surface area contributed by atoms with Crippen LogP contribution < -0.4 is 9.80 Å². The highest BCUT2D eigenvalue weighted by molar-refractivity contribution is 6.28. The zero-order chi connectivity index (χ0) is 36.2. The summed E-state index contributed by atoms with van der Waals surface area (Å²) in [7, 11) is 0. The van der Waals surface area contributed by atoms with Gasteiger partial charge in [0.2, 0.25) is 23.6 Å². The van der Waals surface area contributed by atoms with E-state index >= 15 is 0 Å². The number of urea groups is 2. The van der Waals surface area contributed by atoms with Crippen molar-refractivity contribution in [1.29, 1.82) is 0 Å². The first-order valence-electron chi connectivity index (χ1n) is 16.9. The van der Waals surface area contributed by atoms with Crippen LogP contribution in [0.2, 0.25) is 0 Å². The number of carbonyl (C=O) groups is 6. The van der Waals surface area contributed by atoms with Crippen LogP contribution in [-0.2, 0) is 45.1 Å². The van der Waals surface area contributed by atoms with Crippen LogP contribution in [-0.4, -0.2) is 45.5 Å². The van der Waals surface area contributed by atoms with Gasteiger partial charge >= 0.3 is 12.1 Å². The van der Waals surface area contributed by atoms with Crippen LogP contribution in [0.5, 0.6) is 0 Å². The molecule has 7 rings (SSSR count). The Morgan fingerprint density at radius 3 is 1.06 bits per heavy atom. The predicted octanol–water partition coefficient (Wildman–Crippen LogP) is 6.40. The van der Waals surface area contributed by atoms with Crippen molar-refractivity contribution in [3.05, 3.63) is 168 Å². The molecule has 0 bridgehead atoms. The molecule has 8 amide bonds. The van der Waals surface area contributed by atoms with Crippen LogP contribution in [0.1, 0.15) is 22.3 Å². The number of carbonyl (C=O) groups excluding carboxylic acids is 6. The number of anilines is 2. The van der Waals surface area contributed by atoms with E-state index in [9.17, 15) is 28.8 Å². The molecule has 5 aromatic carbocycles. The normalized spacial score (nSPS) is 18.0. The van der Waals surface area contributed by atoms with E-state index in [2.05, 4.69) is 0 Å². The number of rotatable bonds is 10. The van der Waals surface area contributed by atoms with Gasteiger partial charge < -0.3 is 0 Å². The summed E-state index contributed by atoms with van der Waals surface area (Å²) in [5, 5.41) is 0. The highest BCUT2D eigenvalue weighted by Crippen LogP contribution is 2.30. The highest BCUT2D eigenvalue weighted by Gasteiger charge is 2.48. The summed E-state index contributed by atoms with van der Waals surface area (Å²) in [4.78, 5) is 87.4. The molecule has 10 heteroatoms. The summed E-state index contributed by atoms with van der Waals surface area (Å²) in [5.74, 6) is -4.68. The number of para-hydroxylation sites is 2. The van der Waals surface area contributed by atoms with Crippen molar-refractivity contribution < 1.29 is 28.8 Å². The summed E-state index contributed by atoms with van der Waals surface area (Å²) in [6, 6.07) is 40.7. The Bertz CT molecular complexity index is 1990. The first-order chi connectivity index (χ1) is 25.3. The molecular formula is C42H34N4O6. The van der Waals surface area contributed by atoms with E-state index in [1.165, 1.54) is 0 Å². The summed E-state index contributed by atoms with van der Waals surface area (Å²) in [5.41, 5.74) is 3.37. The summed E-state index contributed by atoms with van der Waals surface area (Å²) in [6.45, 7) is -0.304. The number of benzene rings is 5. The van der Waals surface area contributed by atoms with Gasteiger partial charge in [0.15, 0.2) is 0 Å². The van der Waals surface area contributed by atoms with E-state index in [1.807, 2.05) is 60.7 Å². The van der Waals surface area contributed by atoms with Gasteiger partial charge in [0.05, 0.1) is 24.5 Å². The molecule has 0 saturated carbocycles. The van der Waals surface area contributed by atoms with E-state index in [1.54, 1.807) is 84.9 Å². The van der Waals surface area contributed by atoms with Crippen LogP contribution in [0.3, 0.4) is 0 Å². The van der Waals surface area contributed by atoms with E-state index in [4.69, 9.17) is 0 Å². The first-order valence-corrected chi connectivity index (χ1v) is 16.9. The van der Waals surface area contributed by atoms with Crippen molar-refractivity contribution in [2.75, 3.05) is 9.80 Å². The molecule has 0 radical (unpaired) electrons. The van der Waals surface area contributed by atoms with Gasteiger partial charge in [-0.15, -0.1) is 0 Å². The van der Waals surface area contributed by atoms with Crippen molar-refractivity contribution >= 4 is 47.1 Å². The minimum absolute atomic E-state index is 0.117. The monoisotopic (exact) mass is 690 g/mol. The van der Waals surface area contributed by atoms with Gasteiger partial charge in [0.1, 0.15) is 11.8 Å². The van der Waals surface area contributed by atoms with Gasteiger partial charge in [0, 0.05) is 0 Å². The van der Waals surface area contributed by atoms with Crippen molar-refractivity contribution in [2.45, 2.75) is 25.9 Å². The average Bonchev–Trinajstić information content (AvgIpc) is 3.17. The Morgan fingerprint density at radius 1 is 0.365 bits per heavy atom. The molecule has 0 aliphatic carbocycles. The second kappa shape index (κ2) is 14.7. The van der Waals surface area contributed by atoms with E-state index in [0.717, 1.165) is 30.7 Å². The van der Waals surface area contributed by atoms with Crippen molar-refractivity contribution in [2.24, 2.45) is 11.8 Å². The van der Waals surface area contributed by atoms with E-state index in [0.29, 0.717) is 22.5 Å². The van der Waals surface area contributed by atoms with Gasteiger partial charge in [-0.3, -0.25) is 29.0 Å². The molecule has 2 unspecified atom stereocenters. The average molecular weight is 691 g/mol. The molecular weight excluding hydrogens is 656 g/mol. The molecule has 0 spiro atoms. The fraction of sp³-hybridized carbons (Fsp3) is 0.143. The lowest BCUT2D eigenvalue weighted by atomic mass is 9.93. The van der Waals surface area contributed by atoms with Crippen LogP contribution in [0.15, 0.2) is 146 Å². The number of imide groups is 4. The molecule has 258 valence electrons. The fourth-order valence-corrected chi connectivity index (χ4v) is 6.68. The molecule has 2 heterocycles. The Kier molecular flexibility index (Phi) is 9.53. The molecule has 2 aliphatic rings. The molecule has 2 fully saturated rings. The molecule has 2 atom stereocenters. The molecule has 52 heavy (non-hydrogen) atoms. The van der Waals surface area contributed by atoms with E-state index < -0.39 is 47.5 Å². The maximum Gasteiger partial charge on any atom is 0.338 e. The Balaban J connectivity index is 1.17. The maximum absolute atomic E-state index is 13.9. The summed E-state index contributed by atoms with van der Waals surface area (Å²) < 4.78 is 0. The Hall–Kier alpha value is -6.68. The zero-order valence-electron chi connectivity index (χ0n) is 28.1. The lowest BCUT2D eigenvalue weighted by molar-refractivity contribution is -0.143. The van der Waals surface area contributed by atoms with Gasteiger partial charge in [-0.05, 0) is 59.4 Å². The number of barbiturate groups is 2. The second-order valence-corrected chi connectivity index (χ2v) is 12.7. The van der Waals surface area contributed by atoms with Crippen molar-refractivity contribution in [3.63, 3.8) is 0 Å². The number of hydrogen-bond donors (Lipinski definition) is 0. The predicted molar refractivity (Wildman–Crippen MR) is 193 cm³/mol. The molecule has 2 saturated heterocycles. The lowest BCUT2D eigenvalue weighted by Gasteiger charge is -2.37. The minimum atomic E-state index is -1.13. The van der Waals surface area contributed by atoms with Crippen molar-refractivity contribution in [3.8, 4) is 0 Å². The number of nitrogens with zero attached hydrogens (tertiary/aromatic N) is 4. The van der Waals surface area contributed by atoms with Crippen LogP contribution in [0, 0.1) is 11.8 Å². The van der Waals surface area contributed by atoms with Crippen molar-refractivity contribution in [1.82, 2.24) is 9.80 Å². The first kappa shape index (κ1) is 33.8. The molecule has 5 aromatic rings. The largest absolute Gasteiger partial charge is 0.338 e. The van der Waals surface area contributed by atoms with Gasteiger partial charge in [-0.1, -0.05) is 121 Å². The number of hydrogen-bond acceptors (Lipinski definition) is 6. The lowest BCUT2D eigenvalue weighted by Crippen LogP contribution is -2.60. The Labute approximate surface area is 300 Å². The summed E-state index contributed by atoms with van der Waals surface area (Å²) in [6.07, 6.45) is 0.233. The number of amides is 8. The summed E-state index contributed by atoms with van der Waals surface area (Å²) >= 11 is 0. The third kappa shape index (κ3) is 6.74. The quantitative estimate of drug-likeness (QED) is 0.157. The fourth-order valence-electron chi connectivity index (χ4n) is 6.68. The third-order valence-electron chi connectivity index (χ3n) is 9.28. The minimum Gasteiger partial charge on any atom is -0.273 e. The van der Waals surface area contributed by atoms with Gasteiger partial charge in [-0.25, -0.2) is 19.4 Å². The Morgan fingerprint density at radius 2 is 0.692 bits per heavy atom. The molecule has 0 N–H and O–H groups in total.